The first kappa shape index (κ1) is 14.3. The molecular weight excluding hydrogens is 261 g/mol. The smallest absolute Gasteiger partial charge is 0.0363 e. The van der Waals surface area contributed by atoms with Gasteiger partial charge in [0.05, 0.1) is 0 Å². The molecule has 1 rings (SSSR count). The molecule has 0 aliphatic heterocycles. The van der Waals surface area contributed by atoms with Gasteiger partial charge in [0, 0.05) is 19.8 Å². The largest absolute Gasteiger partial charge is 1.00 e. The Morgan fingerprint density at radius 1 is 1.17 bits per heavy atom. The quantitative estimate of drug-likeness (QED) is 0.638. The zero-order valence-corrected chi connectivity index (χ0v) is 9.29. The third-order valence-electron chi connectivity index (χ3n) is 1.52. The standard InChI is InChI=1S/C9H13N.CH4.HI/c1-8-5-4-6-9(7-8)10(2)3;;/h4-7H,1-3H3;1H4;1H/p-1. The molecule has 0 fully saturated rings. The second-order valence-electron chi connectivity index (χ2n) is 2.73. The van der Waals surface area contributed by atoms with Crippen molar-refractivity contribution in [1.29, 1.82) is 0 Å². The van der Waals surface area contributed by atoms with Crippen molar-refractivity contribution in [1.82, 2.24) is 0 Å². The Morgan fingerprint density at radius 2 is 1.75 bits per heavy atom. The van der Waals surface area contributed by atoms with Gasteiger partial charge in [0.15, 0.2) is 0 Å². The van der Waals surface area contributed by atoms with Gasteiger partial charge in [0.25, 0.3) is 0 Å². The summed E-state index contributed by atoms with van der Waals surface area (Å²) in [6.45, 7) is 2.10. The Hall–Kier alpha value is -0.250. The first-order chi connectivity index (χ1) is 4.70. The van der Waals surface area contributed by atoms with E-state index in [0.717, 1.165) is 0 Å². The monoisotopic (exact) mass is 278 g/mol. The Morgan fingerprint density at radius 3 is 2.08 bits per heavy atom. The van der Waals surface area contributed by atoms with Gasteiger partial charge >= 0.3 is 0 Å². The topological polar surface area (TPSA) is 3.24 Å². The highest BCUT2D eigenvalue weighted by Gasteiger charge is 1.91. The molecule has 0 saturated carbocycles. The Bertz CT molecular complexity index is 221. The lowest BCUT2D eigenvalue weighted by Gasteiger charge is -2.11. The van der Waals surface area contributed by atoms with Crippen molar-refractivity contribution in [3.05, 3.63) is 29.8 Å². The lowest BCUT2D eigenvalue weighted by molar-refractivity contribution is -0.00000261. The number of halogens is 1. The van der Waals surface area contributed by atoms with Crippen molar-refractivity contribution in [3.63, 3.8) is 0 Å². The lowest BCUT2D eigenvalue weighted by atomic mass is 10.2. The molecule has 0 bridgehead atoms. The first-order valence-corrected chi connectivity index (χ1v) is 3.44. The molecule has 0 N–H and O–H groups in total. The molecule has 70 valence electrons. The van der Waals surface area contributed by atoms with E-state index in [4.69, 9.17) is 0 Å². The molecule has 0 heterocycles. The summed E-state index contributed by atoms with van der Waals surface area (Å²) in [5, 5.41) is 0. The molecule has 1 aromatic carbocycles. The highest BCUT2D eigenvalue weighted by atomic mass is 127. The molecule has 0 saturated heterocycles. The minimum absolute atomic E-state index is 0. The maximum absolute atomic E-state index is 2.17. The van der Waals surface area contributed by atoms with Crippen molar-refractivity contribution in [2.45, 2.75) is 14.4 Å². The van der Waals surface area contributed by atoms with E-state index in [1.165, 1.54) is 11.3 Å². The van der Waals surface area contributed by atoms with Crippen molar-refractivity contribution in [3.8, 4) is 0 Å². The van der Waals surface area contributed by atoms with E-state index in [1.807, 2.05) is 0 Å². The SMILES string of the molecule is C.Cc1cccc(N(C)C)c1.[I-]. The van der Waals surface area contributed by atoms with Gasteiger partial charge in [-0.25, -0.2) is 0 Å². The van der Waals surface area contributed by atoms with E-state index in [9.17, 15) is 0 Å². The van der Waals surface area contributed by atoms with E-state index in [0.29, 0.717) is 0 Å². The molecule has 0 aliphatic rings. The van der Waals surface area contributed by atoms with Gasteiger partial charge in [0.2, 0.25) is 0 Å². The molecule has 0 atom stereocenters. The van der Waals surface area contributed by atoms with Gasteiger partial charge < -0.3 is 28.9 Å². The Kier molecular flexibility index (Phi) is 7.48. The maximum atomic E-state index is 2.17. The summed E-state index contributed by atoms with van der Waals surface area (Å²) < 4.78 is 0. The summed E-state index contributed by atoms with van der Waals surface area (Å²) in [6, 6.07) is 8.45. The molecule has 1 nitrogen and oxygen atoms in total. The van der Waals surface area contributed by atoms with Crippen LogP contribution in [0.15, 0.2) is 24.3 Å². The minimum atomic E-state index is 0. The molecule has 0 spiro atoms. The fraction of sp³-hybridized carbons (Fsp3) is 0.400. The number of nitrogens with zero attached hydrogens (tertiary/aromatic N) is 1. The van der Waals surface area contributed by atoms with Gasteiger partial charge in [-0.15, -0.1) is 0 Å². The third-order valence-corrected chi connectivity index (χ3v) is 1.52. The molecule has 12 heavy (non-hydrogen) atoms. The third kappa shape index (κ3) is 3.95. The van der Waals surface area contributed by atoms with Crippen LogP contribution in [0.3, 0.4) is 0 Å². The number of hydrogen-bond donors (Lipinski definition) is 0. The van der Waals surface area contributed by atoms with Crippen molar-refractivity contribution < 1.29 is 24.0 Å². The van der Waals surface area contributed by atoms with Gasteiger partial charge in [0.1, 0.15) is 0 Å². The summed E-state index contributed by atoms with van der Waals surface area (Å²) >= 11 is 0. The van der Waals surface area contributed by atoms with Crippen LogP contribution in [0.4, 0.5) is 5.69 Å². The van der Waals surface area contributed by atoms with Gasteiger partial charge in [-0.3, -0.25) is 0 Å². The van der Waals surface area contributed by atoms with Crippen molar-refractivity contribution >= 4 is 5.69 Å². The summed E-state index contributed by atoms with van der Waals surface area (Å²) in [7, 11) is 4.10. The van der Waals surface area contributed by atoms with Gasteiger partial charge in [-0.1, -0.05) is 19.6 Å². The number of aryl methyl sites for hydroxylation is 1. The predicted molar refractivity (Wildman–Crippen MR) is 52.2 cm³/mol. The van der Waals surface area contributed by atoms with Crippen LogP contribution >= 0.6 is 0 Å². The van der Waals surface area contributed by atoms with Gasteiger partial charge in [-0.05, 0) is 24.6 Å². The van der Waals surface area contributed by atoms with Crippen LogP contribution in [-0.4, -0.2) is 14.1 Å². The van der Waals surface area contributed by atoms with Crippen molar-refractivity contribution in [2.75, 3.05) is 19.0 Å². The van der Waals surface area contributed by atoms with E-state index < -0.39 is 0 Å². The molecule has 0 aliphatic carbocycles. The van der Waals surface area contributed by atoms with Crippen LogP contribution in [0.1, 0.15) is 13.0 Å². The summed E-state index contributed by atoms with van der Waals surface area (Å²) in [5.74, 6) is 0. The molecule has 0 unspecified atom stereocenters. The molecule has 2 heteroatoms. The predicted octanol–water partition coefficient (Wildman–Crippen LogP) is -0.299. The highest BCUT2D eigenvalue weighted by molar-refractivity contribution is 5.46. The fourth-order valence-electron chi connectivity index (χ4n) is 0.906. The first-order valence-electron chi connectivity index (χ1n) is 3.44. The van der Waals surface area contributed by atoms with E-state index in [1.54, 1.807) is 0 Å². The van der Waals surface area contributed by atoms with Crippen LogP contribution in [0, 0.1) is 6.92 Å². The number of hydrogen-bond acceptors (Lipinski definition) is 1. The second kappa shape index (κ2) is 6.29. The number of rotatable bonds is 1. The number of benzene rings is 1. The molecule has 0 amide bonds. The summed E-state index contributed by atoms with van der Waals surface area (Å²) in [4.78, 5) is 2.10. The molecule has 0 radical (unpaired) electrons. The highest BCUT2D eigenvalue weighted by Crippen LogP contribution is 2.11. The Balaban J connectivity index is 0. The fourth-order valence-corrected chi connectivity index (χ4v) is 0.906. The van der Waals surface area contributed by atoms with Crippen LogP contribution in [0.25, 0.3) is 0 Å². The van der Waals surface area contributed by atoms with Crippen LogP contribution in [-0.2, 0) is 0 Å². The molecular formula is C10H17IN-. The normalized spacial score (nSPS) is 7.92. The summed E-state index contributed by atoms with van der Waals surface area (Å²) in [6.07, 6.45) is 0. The lowest BCUT2D eigenvalue weighted by Crippen LogP contribution is -3.00. The average molecular weight is 278 g/mol. The maximum Gasteiger partial charge on any atom is 0.0363 e. The van der Waals surface area contributed by atoms with E-state index in [2.05, 4.69) is 50.2 Å². The average Bonchev–Trinajstić information content (AvgIpc) is 1.88. The Labute approximate surface area is 92.8 Å². The van der Waals surface area contributed by atoms with Gasteiger partial charge in [-0.2, -0.15) is 0 Å². The van der Waals surface area contributed by atoms with E-state index in [-0.39, 0.29) is 31.4 Å². The van der Waals surface area contributed by atoms with Crippen molar-refractivity contribution in [2.24, 2.45) is 0 Å². The minimum Gasteiger partial charge on any atom is -1.00 e. The van der Waals surface area contributed by atoms with Crippen LogP contribution < -0.4 is 28.9 Å². The zero-order chi connectivity index (χ0) is 7.56. The second-order valence-corrected chi connectivity index (χ2v) is 2.73. The van der Waals surface area contributed by atoms with Crippen LogP contribution in [0.5, 0.6) is 0 Å². The van der Waals surface area contributed by atoms with Crippen LogP contribution in [0.2, 0.25) is 0 Å². The zero-order valence-electron chi connectivity index (χ0n) is 7.13. The molecule has 0 aromatic heterocycles. The molecule has 1 aromatic rings. The summed E-state index contributed by atoms with van der Waals surface area (Å²) in [5.41, 5.74) is 2.58. The van der Waals surface area contributed by atoms with E-state index >= 15 is 0 Å². The number of anilines is 1.